The molecule has 7 rings (SSSR count). The summed E-state index contributed by atoms with van der Waals surface area (Å²) in [5.41, 5.74) is 8.48. The number of anilines is 1. The molecule has 37 heavy (non-hydrogen) atoms. The van der Waals surface area contributed by atoms with E-state index in [0.717, 1.165) is 12.1 Å². The van der Waals surface area contributed by atoms with Gasteiger partial charge in [0, 0.05) is 29.3 Å². The number of hydrogen-bond acceptors (Lipinski definition) is 3. The highest BCUT2D eigenvalue weighted by Gasteiger charge is 2.56. The highest BCUT2D eigenvalue weighted by molar-refractivity contribution is 7.80. The lowest BCUT2D eigenvalue weighted by Crippen LogP contribution is -2.62. The zero-order valence-electron chi connectivity index (χ0n) is 21.4. The highest BCUT2D eigenvalue weighted by Crippen LogP contribution is 2.59. The van der Waals surface area contributed by atoms with E-state index in [-0.39, 0.29) is 5.54 Å². The van der Waals surface area contributed by atoms with E-state index >= 15 is 0 Å². The SMILES string of the molecule is S=C(N/N=C1/CC2(N3CCCCC3)C[C@@H](c3ccccc3)C1[C@H](c1ccccc1)C2)Nc1ccccc1. The normalized spacial score (nSPS) is 28.6. The number of fused-ring (bicyclic) bond motifs is 3. The van der Waals surface area contributed by atoms with Crippen LogP contribution in [-0.4, -0.2) is 34.4 Å². The number of piperidine rings is 1. The van der Waals surface area contributed by atoms with Crippen molar-refractivity contribution in [1.82, 2.24) is 10.3 Å². The van der Waals surface area contributed by atoms with Crippen LogP contribution in [0.15, 0.2) is 96.1 Å². The number of nitrogens with one attached hydrogen (secondary N) is 2. The molecular weight excluding hydrogens is 472 g/mol. The second kappa shape index (κ2) is 10.8. The summed E-state index contributed by atoms with van der Waals surface area (Å²) >= 11 is 5.65. The van der Waals surface area contributed by atoms with Crippen molar-refractivity contribution in [1.29, 1.82) is 0 Å². The maximum atomic E-state index is 5.65. The molecule has 0 spiro atoms. The van der Waals surface area contributed by atoms with Crippen LogP contribution >= 0.6 is 12.2 Å². The van der Waals surface area contributed by atoms with Crippen LogP contribution in [0.2, 0.25) is 0 Å². The minimum Gasteiger partial charge on any atom is -0.331 e. The molecule has 4 nitrogen and oxygen atoms in total. The van der Waals surface area contributed by atoms with Crippen LogP contribution in [0.1, 0.15) is 61.5 Å². The third kappa shape index (κ3) is 5.07. The van der Waals surface area contributed by atoms with Crippen LogP contribution in [0.25, 0.3) is 0 Å². The van der Waals surface area contributed by atoms with Crippen LogP contribution in [-0.2, 0) is 0 Å². The van der Waals surface area contributed by atoms with Crippen molar-refractivity contribution in [2.24, 2.45) is 11.0 Å². The lowest BCUT2D eigenvalue weighted by Gasteiger charge is -2.60. The smallest absolute Gasteiger partial charge is 0.191 e. The first-order valence-electron chi connectivity index (χ1n) is 13.8. The van der Waals surface area contributed by atoms with Gasteiger partial charge in [-0.3, -0.25) is 10.3 Å². The zero-order valence-corrected chi connectivity index (χ0v) is 22.2. The van der Waals surface area contributed by atoms with Gasteiger partial charge in [-0.1, -0.05) is 85.3 Å². The maximum absolute atomic E-state index is 5.65. The standard InChI is InChI=1S/C32H36N4S/c37-31(33-26-17-9-3-10-18-26)35-34-29-23-32(36-19-11-4-12-20-36)21-27(24-13-5-1-6-14-24)30(29)28(22-32)25-15-7-2-8-16-25/h1-3,5-10,13-18,27-28,30H,4,11-12,19-23H2,(H2,33,35,37)/b34-29-/t27-,28-,30?,32?/m0/s1. The Labute approximate surface area is 226 Å². The number of para-hydroxylation sites is 1. The quantitative estimate of drug-likeness (QED) is 0.289. The Morgan fingerprint density at radius 2 is 1.30 bits per heavy atom. The molecule has 2 atom stereocenters. The Morgan fingerprint density at radius 1 is 0.757 bits per heavy atom. The van der Waals surface area contributed by atoms with Crippen molar-refractivity contribution >= 4 is 28.7 Å². The summed E-state index contributed by atoms with van der Waals surface area (Å²) in [5, 5.41) is 8.92. The predicted molar refractivity (Wildman–Crippen MR) is 157 cm³/mol. The van der Waals surface area contributed by atoms with Gasteiger partial charge in [0.2, 0.25) is 0 Å². The zero-order chi connectivity index (χ0) is 25.1. The van der Waals surface area contributed by atoms with Gasteiger partial charge in [-0.15, -0.1) is 0 Å². The molecule has 5 heteroatoms. The molecule has 2 N–H and O–H groups in total. The van der Waals surface area contributed by atoms with Crippen molar-refractivity contribution in [3.63, 3.8) is 0 Å². The number of hydrazone groups is 1. The Kier molecular flexibility index (Phi) is 7.08. The molecule has 4 fully saturated rings. The second-order valence-corrected chi connectivity index (χ2v) is 11.4. The van der Waals surface area contributed by atoms with Crippen molar-refractivity contribution < 1.29 is 0 Å². The van der Waals surface area contributed by atoms with Gasteiger partial charge in [-0.05, 0) is 86.1 Å². The average Bonchev–Trinajstić information content (AvgIpc) is 2.98. The summed E-state index contributed by atoms with van der Waals surface area (Å²) in [5.74, 6) is 1.22. The van der Waals surface area contributed by atoms with Gasteiger partial charge in [0.25, 0.3) is 0 Å². The largest absolute Gasteiger partial charge is 0.331 e. The number of hydrogen-bond donors (Lipinski definition) is 2. The van der Waals surface area contributed by atoms with Gasteiger partial charge in [-0.25, -0.2) is 0 Å². The predicted octanol–water partition coefficient (Wildman–Crippen LogP) is 6.94. The fraction of sp³-hybridized carbons (Fsp3) is 0.375. The number of rotatable bonds is 5. The summed E-state index contributed by atoms with van der Waals surface area (Å²) in [6, 6.07) is 32.4. The Balaban J connectivity index is 1.38. The molecule has 190 valence electrons. The molecule has 2 bridgehead atoms. The molecule has 0 aromatic heterocycles. The highest BCUT2D eigenvalue weighted by atomic mass is 32.1. The second-order valence-electron chi connectivity index (χ2n) is 11.0. The van der Waals surface area contributed by atoms with E-state index in [1.54, 1.807) is 0 Å². The summed E-state index contributed by atoms with van der Waals surface area (Å²) in [6.45, 7) is 2.39. The molecular formula is C32H36N4S. The van der Waals surface area contributed by atoms with Crippen molar-refractivity contribution in [2.45, 2.75) is 55.9 Å². The lowest BCUT2D eigenvalue weighted by molar-refractivity contribution is -0.000648. The van der Waals surface area contributed by atoms with Crippen LogP contribution in [0, 0.1) is 5.92 Å². The van der Waals surface area contributed by atoms with Crippen molar-refractivity contribution in [3.8, 4) is 0 Å². The molecule has 0 unspecified atom stereocenters. The summed E-state index contributed by atoms with van der Waals surface area (Å²) < 4.78 is 0. The summed E-state index contributed by atoms with van der Waals surface area (Å²) in [4.78, 5) is 2.83. The first-order chi connectivity index (χ1) is 18.2. The Bertz CT molecular complexity index is 1170. The van der Waals surface area contributed by atoms with Crippen LogP contribution in [0.3, 0.4) is 0 Å². The summed E-state index contributed by atoms with van der Waals surface area (Å²) in [7, 11) is 0. The van der Waals surface area contributed by atoms with E-state index in [2.05, 4.69) is 76.3 Å². The first kappa shape index (κ1) is 24.3. The number of thiocarbonyl (C=S) groups is 1. The molecule has 0 radical (unpaired) electrons. The Morgan fingerprint density at radius 3 is 1.86 bits per heavy atom. The van der Waals surface area contributed by atoms with Gasteiger partial charge in [0.15, 0.2) is 5.11 Å². The third-order valence-electron chi connectivity index (χ3n) is 8.78. The molecule has 1 aliphatic heterocycles. The van der Waals surface area contributed by atoms with Crippen molar-refractivity contribution in [3.05, 3.63) is 102 Å². The molecule has 3 aliphatic carbocycles. The average molecular weight is 509 g/mol. The molecule has 1 saturated heterocycles. The topological polar surface area (TPSA) is 39.7 Å². The van der Waals surface area contributed by atoms with Crippen LogP contribution in [0.4, 0.5) is 5.69 Å². The van der Waals surface area contributed by atoms with Gasteiger partial charge in [-0.2, -0.15) is 5.10 Å². The molecule has 3 aromatic rings. The van der Waals surface area contributed by atoms with E-state index < -0.39 is 0 Å². The van der Waals surface area contributed by atoms with Gasteiger partial charge in [0.1, 0.15) is 0 Å². The molecule has 3 saturated carbocycles. The van der Waals surface area contributed by atoms with Crippen LogP contribution in [0.5, 0.6) is 0 Å². The maximum Gasteiger partial charge on any atom is 0.191 e. The lowest BCUT2D eigenvalue weighted by atomic mass is 9.52. The Hall–Kier alpha value is -3.02. The third-order valence-corrected chi connectivity index (χ3v) is 8.97. The monoisotopic (exact) mass is 508 g/mol. The molecule has 4 aliphatic rings. The van der Waals surface area contributed by atoms with Gasteiger partial charge < -0.3 is 5.32 Å². The van der Waals surface area contributed by atoms with E-state index in [1.165, 1.54) is 62.0 Å². The number of likely N-dealkylation sites (tertiary alicyclic amines) is 1. The van der Waals surface area contributed by atoms with E-state index in [1.807, 2.05) is 30.3 Å². The van der Waals surface area contributed by atoms with Crippen molar-refractivity contribution in [2.75, 3.05) is 18.4 Å². The minimum atomic E-state index is 0.130. The fourth-order valence-corrected chi connectivity index (χ4v) is 7.37. The molecule has 0 amide bonds. The van der Waals surface area contributed by atoms with E-state index in [4.69, 9.17) is 17.3 Å². The molecule has 3 aromatic carbocycles. The minimum absolute atomic E-state index is 0.130. The van der Waals surface area contributed by atoms with Crippen LogP contribution < -0.4 is 10.7 Å². The summed E-state index contributed by atoms with van der Waals surface area (Å²) in [6.07, 6.45) is 7.38. The first-order valence-corrected chi connectivity index (χ1v) is 14.2. The van der Waals surface area contributed by atoms with Gasteiger partial charge >= 0.3 is 0 Å². The number of benzene rings is 3. The van der Waals surface area contributed by atoms with Gasteiger partial charge in [0.05, 0.1) is 0 Å². The van der Waals surface area contributed by atoms with E-state index in [0.29, 0.717) is 22.9 Å². The fourth-order valence-electron chi connectivity index (χ4n) is 7.21. The molecule has 1 heterocycles. The number of nitrogens with zero attached hydrogens (tertiary/aromatic N) is 2. The van der Waals surface area contributed by atoms with E-state index in [9.17, 15) is 0 Å².